The van der Waals surface area contributed by atoms with Crippen LogP contribution in [-0.2, 0) is 17.9 Å². The van der Waals surface area contributed by atoms with Crippen LogP contribution in [0.5, 0.6) is 11.5 Å². The molecule has 0 unspecified atom stereocenters. The van der Waals surface area contributed by atoms with Gasteiger partial charge in [0, 0.05) is 27.5 Å². The van der Waals surface area contributed by atoms with E-state index in [-0.39, 0.29) is 23.1 Å². The average molecular weight is 495 g/mol. The van der Waals surface area contributed by atoms with E-state index < -0.39 is 24.3 Å². The fourth-order valence-electron chi connectivity index (χ4n) is 4.60. The molecule has 8 nitrogen and oxygen atoms in total. The van der Waals surface area contributed by atoms with Gasteiger partial charge in [0.15, 0.2) is 0 Å². The highest BCUT2D eigenvalue weighted by Crippen LogP contribution is 2.37. The molecule has 0 bridgehead atoms. The van der Waals surface area contributed by atoms with Crippen molar-refractivity contribution < 1.29 is 29.3 Å². The van der Waals surface area contributed by atoms with Crippen molar-refractivity contribution in [1.82, 2.24) is 4.57 Å². The Labute approximate surface area is 211 Å². The number of para-hydroxylation sites is 2. The number of ether oxygens (including phenoxy) is 1. The maximum absolute atomic E-state index is 12.7. The highest BCUT2D eigenvalue weighted by atomic mass is 16.5. The zero-order valence-electron chi connectivity index (χ0n) is 19.5. The summed E-state index contributed by atoms with van der Waals surface area (Å²) in [6, 6.07) is 24.8. The molecule has 1 amide bonds. The Kier molecular flexibility index (Phi) is 6.17. The molecule has 4 aromatic carbocycles. The van der Waals surface area contributed by atoms with Crippen LogP contribution in [0.2, 0.25) is 0 Å². The van der Waals surface area contributed by atoms with Gasteiger partial charge in [-0.15, -0.1) is 0 Å². The van der Waals surface area contributed by atoms with Crippen molar-refractivity contribution in [1.29, 1.82) is 0 Å². The van der Waals surface area contributed by atoms with Gasteiger partial charge in [-0.2, -0.15) is 0 Å². The Morgan fingerprint density at radius 2 is 1.51 bits per heavy atom. The summed E-state index contributed by atoms with van der Waals surface area (Å²) in [6.45, 7) is -0.144. The van der Waals surface area contributed by atoms with Gasteiger partial charge in [-0.05, 0) is 48.0 Å². The molecule has 8 heteroatoms. The second-order valence-electron chi connectivity index (χ2n) is 8.50. The van der Waals surface area contributed by atoms with Crippen molar-refractivity contribution in [2.75, 3.05) is 0 Å². The van der Waals surface area contributed by atoms with Crippen molar-refractivity contribution in [3.05, 3.63) is 107 Å². The van der Waals surface area contributed by atoms with Gasteiger partial charge in [0.25, 0.3) is 5.78 Å². The molecular weight excluding hydrogens is 472 g/mol. The Hall–Kier alpha value is -4.95. The first kappa shape index (κ1) is 23.8. The summed E-state index contributed by atoms with van der Waals surface area (Å²) >= 11 is 0. The van der Waals surface area contributed by atoms with E-state index in [0.29, 0.717) is 33.5 Å². The van der Waals surface area contributed by atoms with E-state index in [2.05, 4.69) is 0 Å². The zero-order chi connectivity index (χ0) is 26.1. The fourth-order valence-corrected chi connectivity index (χ4v) is 4.60. The Morgan fingerprint density at radius 1 is 0.811 bits per heavy atom. The van der Waals surface area contributed by atoms with Crippen LogP contribution in [-0.4, -0.2) is 32.4 Å². The lowest BCUT2D eigenvalue weighted by Crippen LogP contribution is -2.14. The van der Waals surface area contributed by atoms with Gasteiger partial charge >= 0.3 is 5.97 Å². The van der Waals surface area contributed by atoms with Crippen molar-refractivity contribution in [2.45, 2.75) is 13.2 Å². The summed E-state index contributed by atoms with van der Waals surface area (Å²) in [5, 5.41) is 20.0. The molecule has 0 aliphatic heterocycles. The highest BCUT2D eigenvalue weighted by molar-refractivity contribution is 6.43. The number of aliphatic carboxylic acids is 1. The summed E-state index contributed by atoms with van der Waals surface area (Å²) in [5.74, 6) is -2.24. The van der Waals surface area contributed by atoms with Crippen molar-refractivity contribution in [3.8, 4) is 11.5 Å². The zero-order valence-corrected chi connectivity index (χ0v) is 19.5. The lowest BCUT2D eigenvalue weighted by molar-refractivity contribution is -0.131. The van der Waals surface area contributed by atoms with Gasteiger partial charge in [0.1, 0.15) is 11.5 Å². The van der Waals surface area contributed by atoms with Gasteiger partial charge in [-0.3, -0.25) is 9.59 Å². The van der Waals surface area contributed by atoms with E-state index in [1.165, 1.54) is 12.1 Å². The summed E-state index contributed by atoms with van der Waals surface area (Å²) in [5.41, 5.74) is 7.93. The molecule has 0 saturated heterocycles. The van der Waals surface area contributed by atoms with Crippen LogP contribution in [0.25, 0.3) is 21.8 Å². The molecule has 0 atom stereocenters. The monoisotopic (exact) mass is 494 g/mol. The molecule has 4 N–H and O–H groups in total. The van der Waals surface area contributed by atoms with E-state index in [0.717, 1.165) is 5.56 Å². The SMILES string of the molecule is NC(=O)c1cccc2c1c1c(C(=O)C(=O)O)cc(CO)cc1n2Cc1ccccc1Oc1ccccc1. The average Bonchev–Trinajstić information content (AvgIpc) is 3.22. The number of aliphatic hydroxyl groups is 1. The number of aromatic nitrogens is 1. The number of hydrogen-bond acceptors (Lipinski definition) is 5. The van der Waals surface area contributed by atoms with Crippen molar-refractivity contribution >= 4 is 39.5 Å². The number of carboxylic acid groups (broad SMARTS) is 1. The largest absolute Gasteiger partial charge is 0.475 e. The van der Waals surface area contributed by atoms with Crippen LogP contribution in [0, 0.1) is 0 Å². The number of nitrogens with zero attached hydrogens (tertiary/aromatic N) is 1. The number of carboxylic acids is 1. The Balaban J connectivity index is 1.80. The molecule has 0 radical (unpaired) electrons. The summed E-state index contributed by atoms with van der Waals surface area (Å²) < 4.78 is 7.99. The van der Waals surface area contributed by atoms with Crippen molar-refractivity contribution in [3.63, 3.8) is 0 Å². The molecule has 5 aromatic rings. The number of benzene rings is 4. The van der Waals surface area contributed by atoms with E-state index in [1.54, 1.807) is 18.2 Å². The number of primary amides is 1. The van der Waals surface area contributed by atoms with Gasteiger partial charge in [-0.25, -0.2) is 4.79 Å². The number of carbonyl (C=O) groups is 3. The second kappa shape index (κ2) is 9.60. The molecule has 5 rings (SSSR count). The minimum absolute atomic E-state index is 0.125. The summed E-state index contributed by atoms with van der Waals surface area (Å²) in [4.78, 5) is 36.8. The van der Waals surface area contributed by atoms with Crippen LogP contribution >= 0.6 is 0 Å². The van der Waals surface area contributed by atoms with Crippen LogP contribution in [0.3, 0.4) is 0 Å². The molecule has 1 heterocycles. The van der Waals surface area contributed by atoms with E-state index in [9.17, 15) is 24.6 Å². The molecule has 0 spiro atoms. The topological polar surface area (TPSA) is 132 Å². The van der Waals surface area contributed by atoms with Crippen molar-refractivity contribution in [2.24, 2.45) is 5.73 Å². The third kappa shape index (κ3) is 4.30. The number of rotatable bonds is 8. The van der Waals surface area contributed by atoms with E-state index in [1.807, 2.05) is 59.2 Å². The number of nitrogens with two attached hydrogens (primary N) is 1. The van der Waals surface area contributed by atoms with Gasteiger partial charge < -0.3 is 25.3 Å². The quantitative estimate of drug-likeness (QED) is 0.215. The molecule has 0 aliphatic rings. The molecule has 0 aliphatic carbocycles. The molecule has 0 fully saturated rings. The Morgan fingerprint density at radius 3 is 2.22 bits per heavy atom. The molecular formula is C29H22N2O6. The number of carbonyl (C=O) groups excluding carboxylic acids is 2. The molecule has 184 valence electrons. The number of aliphatic hydroxyl groups excluding tert-OH is 1. The first-order chi connectivity index (χ1) is 17.9. The van der Waals surface area contributed by atoms with Crippen LogP contribution in [0.1, 0.15) is 31.8 Å². The number of hydrogen-bond donors (Lipinski definition) is 3. The van der Waals surface area contributed by atoms with Crippen LogP contribution in [0.4, 0.5) is 0 Å². The predicted molar refractivity (Wildman–Crippen MR) is 138 cm³/mol. The maximum atomic E-state index is 12.7. The number of fused-ring (bicyclic) bond motifs is 3. The predicted octanol–water partition coefficient (Wildman–Crippen LogP) is 4.49. The minimum atomic E-state index is -1.64. The van der Waals surface area contributed by atoms with Crippen LogP contribution < -0.4 is 10.5 Å². The van der Waals surface area contributed by atoms with E-state index >= 15 is 0 Å². The minimum Gasteiger partial charge on any atom is -0.475 e. The first-order valence-corrected chi connectivity index (χ1v) is 11.5. The Bertz CT molecular complexity index is 1690. The normalized spacial score (nSPS) is 11.1. The van der Waals surface area contributed by atoms with Gasteiger partial charge in [-0.1, -0.05) is 42.5 Å². The summed E-state index contributed by atoms with van der Waals surface area (Å²) in [7, 11) is 0. The van der Waals surface area contributed by atoms with E-state index in [4.69, 9.17) is 10.5 Å². The molecule has 0 saturated carbocycles. The molecule has 37 heavy (non-hydrogen) atoms. The third-order valence-electron chi connectivity index (χ3n) is 6.21. The highest BCUT2D eigenvalue weighted by Gasteiger charge is 2.26. The second-order valence-corrected chi connectivity index (χ2v) is 8.50. The maximum Gasteiger partial charge on any atom is 0.377 e. The number of Topliss-reactive ketones (excluding diaryl/α,β-unsaturated/α-hetero) is 1. The molecule has 1 aromatic heterocycles. The number of ketones is 1. The van der Waals surface area contributed by atoms with Gasteiger partial charge in [0.2, 0.25) is 5.91 Å². The number of amides is 1. The lowest BCUT2D eigenvalue weighted by atomic mass is 9.97. The first-order valence-electron chi connectivity index (χ1n) is 11.5. The standard InChI is InChI=1S/C29H22N2O6/c30-28(34)20-10-6-11-22-25(20)26-21(27(33)29(35)36)13-17(16-32)14-23(26)31(22)15-18-7-4-5-12-24(18)37-19-8-2-1-3-9-19/h1-14,32H,15-16H2,(H2,30,34)(H,35,36). The fraction of sp³-hybridized carbons (Fsp3) is 0.0690. The summed E-state index contributed by atoms with van der Waals surface area (Å²) in [6.07, 6.45) is 0. The smallest absolute Gasteiger partial charge is 0.377 e. The lowest BCUT2D eigenvalue weighted by Gasteiger charge is -2.14. The van der Waals surface area contributed by atoms with Crippen LogP contribution in [0.15, 0.2) is 84.9 Å². The third-order valence-corrected chi connectivity index (χ3v) is 6.21. The van der Waals surface area contributed by atoms with Gasteiger partial charge in [0.05, 0.1) is 24.2 Å².